The van der Waals surface area contributed by atoms with Crippen molar-refractivity contribution in [2.24, 2.45) is 0 Å². The van der Waals surface area contributed by atoms with Gasteiger partial charge in [-0.05, 0) is 25.3 Å². The minimum Gasteiger partial charge on any atom is -0.465 e. The fraction of sp³-hybridized carbons (Fsp3) is 0.417. The highest BCUT2D eigenvalue weighted by atomic mass is 79.9. The lowest BCUT2D eigenvalue weighted by atomic mass is 10.1. The number of esters is 1. The summed E-state index contributed by atoms with van der Waals surface area (Å²) >= 11 is 3.33. The van der Waals surface area contributed by atoms with Gasteiger partial charge in [-0.25, -0.2) is 0 Å². The number of benzene rings is 1. The maximum atomic E-state index is 11.3. The van der Waals surface area contributed by atoms with E-state index in [2.05, 4.69) is 28.1 Å². The molecular weight excluding hydrogens is 256 g/mol. The molecule has 82 valence electrons. The van der Waals surface area contributed by atoms with Gasteiger partial charge in [0.25, 0.3) is 0 Å². The molecule has 0 N–H and O–H groups in total. The van der Waals surface area contributed by atoms with Crippen molar-refractivity contribution in [3.63, 3.8) is 0 Å². The maximum Gasteiger partial charge on any atom is 0.319 e. The van der Waals surface area contributed by atoms with E-state index >= 15 is 0 Å². The van der Waals surface area contributed by atoms with Gasteiger partial charge in [-0.2, -0.15) is 0 Å². The Morgan fingerprint density at radius 2 is 2.07 bits per heavy atom. The Labute approximate surface area is 98.8 Å². The highest BCUT2D eigenvalue weighted by Gasteiger charge is 2.15. The van der Waals surface area contributed by atoms with E-state index in [0.717, 1.165) is 12.8 Å². The number of carbonyl (C=O) groups is 1. The lowest BCUT2D eigenvalue weighted by Crippen LogP contribution is -2.17. The van der Waals surface area contributed by atoms with Gasteiger partial charge < -0.3 is 4.74 Å². The van der Waals surface area contributed by atoms with E-state index < -0.39 is 0 Å². The van der Waals surface area contributed by atoms with Crippen LogP contribution in [0.25, 0.3) is 0 Å². The molecule has 0 fully saturated rings. The van der Waals surface area contributed by atoms with Crippen molar-refractivity contribution in [2.75, 3.05) is 6.61 Å². The Hall–Kier alpha value is -0.830. The van der Waals surface area contributed by atoms with Crippen molar-refractivity contribution < 1.29 is 9.53 Å². The van der Waals surface area contributed by atoms with Crippen molar-refractivity contribution in [1.82, 2.24) is 0 Å². The number of halogens is 1. The first-order chi connectivity index (χ1) is 7.24. The van der Waals surface area contributed by atoms with Crippen molar-refractivity contribution in [1.29, 1.82) is 0 Å². The Morgan fingerprint density at radius 1 is 1.40 bits per heavy atom. The van der Waals surface area contributed by atoms with Gasteiger partial charge in [0.05, 0.1) is 6.61 Å². The van der Waals surface area contributed by atoms with Gasteiger partial charge in [0.1, 0.15) is 4.83 Å². The Kier molecular flexibility index (Phi) is 5.40. The van der Waals surface area contributed by atoms with E-state index in [-0.39, 0.29) is 10.8 Å². The van der Waals surface area contributed by atoms with Gasteiger partial charge in [0.2, 0.25) is 0 Å². The molecule has 0 bridgehead atoms. The zero-order valence-corrected chi connectivity index (χ0v) is 10.4. The van der Waals surface area contributed by atoms with E-state index in [0.29, 0.717) is 6.61 Å². The molecule has 1 aromatic carbocycles. The molecule has 0 amide bonds. The number of hydrogen-bond donors (Lipinski definition) is 0. The van der Waals surface area contributed by atoms with E-state index in [1.54, 1.807) is 0 Å². The summed E-state index contributed by atoms with van der Waals surface area (Å²) in [7, 11) is 0. The van der Waals surface area contributed by atoms with Crippen LogP contribution in [0.4, 0.5) is 0 Å². The topological polar surface area (TPSA) is 26.3 Å². The van der Waals surface area contributed by atoms with Gasteiger partial charge in [-0.1, -0.05) is 46.3 Å². The van der Waals surface area contributed by atoms with Gasteiger partial charge in [0.15, 0.2) is 0 Å². The zero-order valence-electron chi connectivity index (χ0n) is 8.78. The molecule has 0 aliphatic carbocycles. The molecule has 0 heterocycles. The highest BCUT2D eigenvalue weighted by Crippen LogP contribution is 2.12. The van der Waals surface area contributed by atoms with Crippen LogP contribution in [0.3, 0.4) is 0 Å². The van der Waals surface area contributed by atoms with E-state index in [4.69, 9.17) is 4.74 Å². The van der Waals surface area contributed by atoms with Crippen molar-refractivity contribution >= 4 is 21.9 Å². The molecule has 1 rings (SSSR count). The second-order valence-corrected chi connectivity index (χ2v) is 4.35. The molecule has 0 saturated heterocycles. The first-order valence-electron chi connectivity index (χ1n) is 5.08. The molecule has 3 heteroatoms. The van der Waals surface area contributed by atoms with E-state index in [1.807, 2.05) is 25.1 Å². The van der Waals surface area contributed by atoms with Crippen LogP contribution in [0, 0.1) is 0 Å². The Bertz CT molecular complexity index is 298. The predicted octanol–water partition coefficient (Wildman–Crippen LogP) is 2.95. The third-order valence-corrected chi connectivity index (χ3v) is 2.90. The van der Waals surface area contributed by atoms with Crippen LogP contribution in [-0.2, 0) is 16.0 Å². The third-order valence-electron chi connectivity index (χ3n) is 2.07. The van der Waals surface area contributed by atoms with E-state index in [9.17, 15) is 4.79 Å². The molecular formula is C12H15BrO2. The number of alkyl halides is 1. The quantitative estimate of drug-likeness (QED) is 0.608. The smallest absolute Gasteiger partial charge is 0.319 e. The molecule has 0 aliphatic rings. The largest absolute Gasteiger partial charge is 0.465 e. The monoisotopic (exact) mass is 270 g/mol. The summed E-state index contributed by atoms with van der Waals surface area (Å²) < 4.78 is 4.91. The van der Waals surface area contributed by atoms with Crippen molar-refractivity contribution in [3.05, 3.63) is 35.9 Å². The first-order valence-corrected chi connectivity index (χ1v) is 6.00. The third kappa shape index (κ3) is 4.47. The van der Waals surface area contributed by atoms with Crippen LogP contribution in [0.15, 0.2) is 30.3 Å². The molecule has 0 saturated carbocycles. The van der Waals surface area contributed by atoms with Crippen molar-refractivity contribution in [2.45, 2.75) is 24.6 Å². The normalized spacial score (nSPS) is 12.1. The zero-order chi connectivity index (χ0) is 11.1. The molecule has 2 nitrogen and oxygen atoms in total. The fourth-order valence-electron chi connectivity index (χ4n) is 1.29. The molecule has 0 aliphatic heterocycles. The molecule has 1 unspecified atom stereocenters. The van der Waals surface area contributed by atoms with E-state index in [1.165, 1.54) is 5.56 Å². The SMILES string of the molecule is CCOC(=O)C(Br)CCc1ccccc1. The molecule has 1 atom stereocenters. The summed E-state index contributed by atoms with van der Waals surface area (Å²) in [5, 5.41) is 0. The van der Waals surface area contributed by atoms with Crippen LogP contribution in [0.1, 0.15) is 18.9 Å². The maximum absolute atomic E-state index is 11.3. The Morgan fingerprint density at radius 3 is 2.67 bits per heavy atom. The van der Waals surface area contributed by atoms with Crippen LogP contribution in [-0.4, -0.2) is 17.4 Å². The summed E-state index contributed by atoms with van der Waals surface area (Å²) in [6.07, 6.45) is 1.65. The summed E-state index contributed by atoms with van der Waals surface area (Å²) in [4.78, 5) is 11.1. The number of hydrogen-bond acceptors (Lipinski definition) is 2. The highest BCUT2D eigenvalue weighted by molar-refractivity contribution is 9.10. The summed E-state index contributed by atoms with van der Waals surface area (Å²) in [5.74, 6) is -0.173. The predicted molar refractivity (Wildman–Crippen MR) is 64.1 cm³/mol. The van der Waals surface area contributed by atoms with Crippen LogP contribution >= 0.6 is 15.9 Å². The summed E-state index contributed by atoms with van der Waals surface area (Å²) in [6.45, 7) is 2.25. The molecule has 0 spiro atoms. The van der Waals surface area contributed by atoms with Crippen molar-refractivity contribution in [3.8, 4) is 0 Å². The second-order valence-electron chi connectivity index (χ2n) is 3.24. The second kappa shape index (κ2) is 6.62. The van der Waals surface area contributed by atoms with Gasteiger partial charge in [-0.3, -0.25) is 4.79 Å². The van der Waals surface area contributed by atoms with Gasteiger partial charge >= 0.3 is 5.97 Å². The van der Waals surface area contributed by atoms with Gasteiger partial charge in [0, 0.05) is 0 Å². The standard InChI is InChI=1S/C12H15BrO2/c1-2-15-12(14)11(13)9-8-10-6-4-3-5-7-10/h3-7,11H,2,8-9H2,1H3. The number of rotatable bonds is 5. The number of aryl methyl sites for hydroxylation is 1. The molecule has 0 aromatic heterocycles. The lowest BCUT2D eigenvalue weighted by Gasteiger charge is -2.08. The average Bonchev–Trinajstić information content (AvgIpc) is 2.27. The van der Waals surface area contributed by atoms with Crippen LogP contribution in [0.2, 0.25) is 0 Å². The Balaban J connectivity index is 2.34. The molecule has 1 aromatic rings. The lowest BCUT2D eigenvalue weighted by molar-refractivity contribution is -0.142. The van der Waals surface area contributed by atoms with Crippen LogP contribution < -0.4 is 0 Å². The van der Waals surface area contributed by atoms with Crippen LogP contribution in [0.5, 0.6) is 0 Å². The fourth-order valence-corrected chi connectivity index (χ4v) is 1.65. The first kappa shape index (κ1) is 12.2. The number of carbonyl (C=O) groups excluding carboxylic acids is 1. The number of ether oxygens (including phenoxy) is 1. The summed E-state index contributed by atoms with van der Waals surface area (Å²) in [5.41, 5.74) is 1.24. The summed E-state index contributed by atoms with van der Waals surface area (Å²) in [6, 6.07) is 10.1. The molecule has 0 radical (unpaired) electrons. The van der Waals surface area contributed by atoms with Gasteiger partial charge in [-0.15, -0.1) is 0 Å². The molecule has 15 heavy (non-hydrogen) atoms. The minimum absolute atomic E-state index is 0.173. The average molecular weight is 271 g/mol. The minimum atomic E-state index is -0.197.